The summed E-state index contributed by atoms with van der Waals surface area (Å²) < 4.78 is 0. The van der Waals surface area contributed by atoms with Crippen LogP contribution in [0.4, 0.5) is 0 Å². The zero-order valence-corrected chi connectivity index (χ0v) is 13.6. The van der Waals surface area contributed by atoms with Gasteiger partial charge in [0.25, 0.3) is 0 Å². The van der Waals surface area contributed by atoms with Gasteiger partial charge in [0.05, 0.1) is 8.07 Å². The Hall–Kier alpha value is -0.803. The maximum Gasteiger partial charge on any atom is 0.0781 e. The fourth-order valence-corrected chi connectivity index (χ4v) is 3.92. The van der Waals surface area contributed by atoms with E-state index in [0.29, 0.717) is 6.61 Å². The van der Waals surface area contributed by atoms with Gasteiger partial charge in [0.2, 0.25) is 0 Å². The van der Waals surface area contributed by atoms with Gasteiger partial charge in [-0.05, 0) is 51.5 Å². The van der Waals surface area contributed by atoms with Crippen molar-refractivity contribution < 1.29 is 5.11 Å². The van der Waals surface area contributed by atoms with Gasteiger partial charge in [-0.15, -0.1) is 0 Å². The minimum Gasteiger partial charge on any atom is -0.397 e. The van der Waals surface area contributed by atoms with Gasteiger partial charge in [0.1, 0.15) is 0 Å². The molecule has 0 aromatic rings. The van der Waals surface area contributed by atoms with Crippen molar-refractivity contribution in [2.45, 2.75) is 52.4 Å². The summed E-state index contributed by atoms with van der Waals surface area (Å²) in [6.07, 6.45) is 6.57. The van der Waals surface area contributed by atoms with Crippen LogP contribution in [0, 0.1) is 0 Å². The molecule has 0 fully saturated rings. The predicted molar refractivity (Wildman–Crippen MR) is 82.2 cm³/mol. The van der Waals surface area contributed by atoms with Crippen LogP contribution in [-0.2, 0) is 0 Å². The Morgan fingerprint density at radius 3 is 2.39 bits per heavy atom. The van der Waals surface area contributed by atoms with Crippen LogP contribution in [0.3, 0.4) is 0 Å². The summed E-state index contributed by atoms with van der Waals surface area (Å²) >= 11 is 0. The summed E-state index contributed by atoms with van der Waals surface area (Å²) in [5, 5.41) is 14.1. The third-order valence-electron chi connectivity index (χ3n) is 3.46. The summed E-state index contributed by atoms with van der Waals surface area (Å²) in [4.78, 5) is 0. The van der Waals surface area contributed by atoms with Crippen LogP contribution in [0.2, 0.25) is 19.1 Å². The smallest absolute Gasteiger partial charge is 0.0781 e. The molecule has 3 heteroatoms. The lowest BCUT2D eigenvalue weighted by atomic mass is 10.1. The molecule has 18 heavy (non-hydrogen) atoms. The zero-order chi connectivity index (χ0) is 14.0. The van der Waals surface area contributed by atoms with E-state index in [2.05, 4.69) is 64.3 Å². The number of aliphatic hydroxyl groups is 1. The normalized spacial score (nSPS) is 18.9. The second-order valence-corrected chi connectivity index (χ2v) is 11.8. The maximum atomic E-state index is 9.16. The number of hydrogen-bond acceptors (Lipinski definition) is 2. The van der Waals surface area contributed by atoms with Crippen LogP contribution < -0.4 is 5.32 Å². The van der Waals surface area contributed by atoms with Gasteiger partial charge in [0, 0.05) is 17.8 Å². The molecule has 0 saturated heterocycles. The van der Waals surface area contributed by atoms with E-state index in [1.165, 1.54) is 16.5 Å². The van der Waals surface area contributed by atoms with Crippen molar-refractivity contribution in [2.75, 3.05) is 6.61 Å². The molecule has 1 aliphatic carbocycles. The molecule has 0 aliphatic heterocycles. The lowest BCUT2D eigenvalue weighted by molar-refractivity contribution is 0.316. The molecule has 0 amide bonds. The van der Waals surface area contributed by atoms with E-state index in [9.17, 15) is 0 Å². The molecule has 0 aromatic carbocycles. The number of hydrogen-bond donors (Lipinski definition) is 2. The highest BCUT2D eigenvalue weighted by atomic mass is 28.3. The standard InChI is InChI=1S/C15H27NOSi/c1-12(18(5,6)10-9-17)13-7-8-14(11-13)16-15(2,3)4/h7-8,11,16-17H,9-10H2,1-6H3. The average Bonchev–Trinajstić information content (AvgIpc) is 2.62. The van der Waals surface area contributed by atoms with Gasteiger partial charge in [-0.25, -0.2) is 0 Å². The first kappa shape index (κ1) is 15.3. The quantitative estimate of drug-likeness (QED) is 0.764. The molecular weight excluding hydrogens is 238 g/mol. The van der Waals surface area contributed by atoms with Crippen molar-refractivity contribution in [3.05, 3.63) is 34.7 Å². The molecule has 0 bridgehead atoms. The van der Waals surface area contributed by atoms with Crippen LogP contribution >= 0.6 is 0 Å². The molecule has 0 atom stereocenters. The summed E-state index contributed by atoms with van der Waals surface area (Å²) in [6, 6.07) is 0.937. The molecule has 0 saturated carbocycles. The Morgan fingerprint density at radius 2 is 1.89 bits per heavy atom. The maximum absolute atomic E-state index is 9.16. The van der Waals surface area contributed by atoms with Gasteiger partial charge in [-0.2, -0.15) is 0 Å². The Morgan fingerprint density at radius 1 is 1.28 bits per heavy atom. The molecule has 102 valence electrons. The average molecular weight is 265 g/mol. The summed E-state index contributed by atoms with van der Waals surface area (Å²) in [5.41, 5.74) is 2.61. The second kappa shape index (κ2) is 5.45. The lowest BCUT2D eigenvalue weighted by Gasteiger charge is -2.24. The largest absolute Gasteiger partial charge is 0.397 e. The summed E-state index contributed by atoms with van der Waals surface area (Å²) in [6.45, 7) is 13.7. The number of allylic oxidation sites excluding steroid dienone is 5. The molecule has 0 aromatic heterocycles. The van der Waals surface area contributed by atoms with E-state index in [1.54, 1.807) is 0 Å². The zero-order valence-electron chi connectivity index (χ0n) is 12.6. The Bertz CT molecular complexity index is 397. The van der Waals surface area contributed by atoms with Crippen LogP contribution in [-0.4, -0.2) is 25.3 Å². The molecule has 2 N–H and O–H groups in total. The van der Waals surface area contributed by atoms with Gasteiger partial charge >= 0.3 is 0 Å². The van der Waals surface area contributed by atoms with E-state index in [4.69, 9.17) is 5.11 Å². The van der Waals surface area contributed by atoms with Crippen LogP contribution in [0.15, 0.2) is 34.7 Å². The van der Waals surface area contributed by atoms with Gasteiger partial charge in [-0.3, -0.25) is 0 Å². The molecule has 2 nitrogen and oxygen atoms in total. The second-order valence-electron chi connectivity index (χ2n) is 6.75. The Balaban J connectivity index is 2.90. The third-order valence-corrected chi connectivity index (χ3v) is 7.25. The van der Waals surface area contributed by atoms with Crippen molar-refractivity contribution in [2.24, 2.45) is 0 Å². The highest BCUT2D eigenvalue weighted by Gasteiger charge is 2.25. The Labute approximate surface area is 112 Å². The predicted octanol–water partition coefficient (Wildman–Crippen LogP) is 3.38. The monoisotopic (exact) mass is 265 g/mol. The van der Waals surface area contributed by atoms with Gasteiger partial charge in [-0.1, -0.05) is 24.4 Å². The topological polar surface area (TPSA) is 32.3 Å². The third kappa shape index (κ3) is 4.14. The van der Waals surface area contributed by atoms with E-state index < -0.39 is 8.07 Å². The highest BCUT2D eigenvalue weighted by molar-refractivity contribution is 6.84. The molecule has 0 unspecified atom stereocenters. The molecule has 0 radical (unpaired) electrons. The number of rotatable bonds is 4. The van der Waals surface area contributed by atoms with Crippen molar-refractivity contribution in [1.82, 2.24) is 5.32 Å². The van der Waals surface area contributed by atoms with Crippen molar-refractivity contribution in [1.29, 1.82) is 0 Å². The molecular formula is C15H27NOSi. The van der Waals surface area contributed by atoms with E-state index in [0.717, 1.165) is 6.04 Å². The number of aliphatic hydroxyl groups excluding tert-OH is 1. The minimum atomic E-state index is -1.45. The van der Waals surface area contributed by atoms with Crippen molar-refractivity contribution >= 4 is 8.07 Å². The van der Waals surface area contributed by atoms with Crippen LogP contribution in [0.5, 0.6) is 0 Å². The molecule has 1 aliphatic rings. The summed E-state index contributed by atoms with van der Waals surface area (Å²) in [5.74, 6) is 0. The fourth-order valence-electron chi connectivity index (χ4n) is 2.05. The first-order valence-corrected chi connectivity index (χ1v) is 9.86. The van der Waals surface area contributed by atoms with Crippen LogP contribution in [0.1, 0.15) is 27.7 Å². The number of nitrogens with one attached hydrogen (secondary N) is 1. The SMILES string of the molecule is CC(=C1C=CC(NC(C)(C)C)=C1)[Si](C)(C)CCO. The minimum absolute atomic E-state index is 0.0948. The van der Waals surface area contributed by atoms with E-state index >= 15 is 0 Å². The van der Waals surface area contributed by atoms with Crippen molar-refractivity contribution in [3.8, 4) is 0 Å². The Kier molecular flexibility index (Phi) is 4.62. The van der Waals surface area contributed by atoms with Gasteiger partial charge in [0.15, 0.2) is 0 Å². The summed E-state index contributed by atoms with van der Waals surface area (Å²) in [7, 11) is -1.45. The van der Waals surface area contributed by atoms with Crippen molar-refractivity contribution in [3.63, 3.8) is 0 Å². The lowest BCUT2D eigenvalue weighted by Crippen LogP contribution is -2.34. The fraction of sp³-hybridized carbons (Fsp3) is 0.600. The first-order chi connectivity index (χ1) is 8.15. The van der Waals surface area contributed by atoms with E-state index in [-0.39, 0.29) is 5.54 Å². The van der Waals surface area contributed by atoms with E-state index in [1.807, 2.05) is 0 Å². The molecule has 0 spiro atoms. The highest BCUT2D eigenvalue weighted by Crippen LogP contribution is 2.27. The molecule has 1 rings (SSSR count). The van der Waals surface area contributed by atoms with Crippen LogP contribution in [0.25, 0.3) is 0 Å². The van der Waals surface area contributed by atoms with Gasteiger partial charge < -0.3 is 10.4 Å². The molecule has 0 heterocycles. The first-order valence-electron chi connectivity index (χ1n) is 6.66.